The van der Waals surface area contributed by atoms with Crippen LogP contribution >= 0.6 is 0 Å². The number of nitrogens with one attached hydrogen (secondary N) is 1. The van der Waals surface area contributed by atoms with Crippen LogP contribution in [0.3, 0.4) is 0 Å². The molecule has 0 aliphatic rings. The second-order valence-corrected chi connectivity index (χ2v) is 4.85. The molecular formula is C15H23NO3. The minimum absolute atomic E-state index is 0.225. The lowest BCUT2D eigenvalue weighted by molar-refractivity contribution is -0.143. The molecule has 1 aromatic carbocycles. The van der Waals surface area contributed by atoms with Crippen molar-refractivity contribution in [1.29, 1.82) is 0 Å². The molecule has 19 heavy (non-hydrogen) atoms. The third-order valence-electron chi connectivity index (χ3n) is 2.69. The maximum atomic E-state index is 11.6. The zero-order chi connectivity index (χ0) is 14.3. The average molecular weight is 265 g/mol. The van der Waals surface area contributed by atoms with Crippen LogP contribution in [0.15, 0.2) is 24.3 Å². The van der Waals surface area contributed by atoms with Gasteiger partial charge in [0.25, 0.3) is 0 Å². The van der Waals surface area contributed by atoms with Crippen LogP contribution in [0.1, 0.15) is 25.8 Å². The first-order valence-electron chi connectivity index (χ1n) is 6.56. The van der Waals surface area contributed by atoms with Gasteiger partial charge in [0.1, 0.15) is 11.8 Å². The predicted molar refractivity (Wildman–Crippen MR) is 75.4 cm³/mol. The van der Waals surface area contributed by atoms with E-state index < -0.39 is 0 Å². The van der Waals surface area contributed by atoms with Crippen molar-refractivity contribution in [2.75, 3.05) is 13.7 Å². The molecule has 0 heterocycles. The highest BCUT2D eigenvalue weighted by Crippen LogP contribution is 2.13. The SMILES string of the molecule is COC(=O)C(CCOc1cccc(C)c1)NC(C)C. The van der Waals surface area contributed by atoms with E-state index in [4.69, 9.17) is 9.47 Å². The molecule has 0 saturated heterocycles. The molecule has 0 amide bonds. The summed E-state index contributed by atoms with van der Waals surface area (Å²) in [6, 6.07) is 7.76. The predicted octanol–water partition coefficient (Wildman–Crippen LogP) is 2.30. The van der Waals surface area contributed by atoms with Gasteiger partial charge >= 0.3 is 5.97 Å². The smallest absolute Gasteiger partial charge is 0.322 e. The van der Waals surface area contributed by atoms with E-state index in [1.54, 1.807) is 0 Å². The van der Waals surface area contributed by atoms with E-state index in [0.717, 1.165) is 11.3 Å². The molecule has 1 unspecified atom stereocenters. The highest BCUT2D eigenvalue weighted by Gasteiger charge is 2.19. The fourth-order valence-corrected chi connectivity index (χ4v) is 1.81. The number of benzene rings is 1. The number of hydrogen-bond donors (Lipinski definition) is 1. The molecule has 1 rings (SSSR count). The quantitative estimate of drug-likeness (QED) is 0.769. The number of carbonyl (C=O) groups is 1. The van der Waals surface area contributed by atoms with Gasteiger partial charge in [0, 0.05) is 12.5 Å². The summed E-state index contributed by atoms with van der Waals surface area (Å²) in [4.78, 5) is 11.6. The Bertz CT molecular complexity index is 404. The summed E-state index contributed by atoms with van der Waals surface area (Å²) in [5, 5.41) is 3.17. The Morgan fingerprint density at radius 2 is 2.11 bits per heavy atom. The molecule has 0 radical (unpaired) electrons. The van der Waals surface area contributed by atoms with Gasteiger partial charge < -0.3 is 14.8 Å². The molecule has 0 bridgehead atoms. The summed E-state index contributed by atoms with van der Waals surface area (Å²) >= 11 is 0. The molecule has 106 valence electrons. The van der Waals surface area contributed by atoms with E-state index in [1.807, 2.05) is 45.0 Å². The molecular weight excluding hydrogens is 242 g/mol. The molecule has 0 fully saturated rings. The minimum atomic E-state index is -0.324. The molecule has 0 aliphatic carbocycles. The first-order valence-corrected chi connectivity index (χ1v) is 6.56. The summed E-state index contributed by atoms with van der Waals surface area (Å²) in [7, 11) is 1.40. The Kier molecular flexibility index (Phi) is 6.36. The van der Waals surface area contributed by atoms with Gasteiger partial charge in [-0.3, -0.25) is 4.79 Å². The van der Waals surface area contributed by atoms with E-state index in [-0.39, 0.29) is 18.1 Å². The zero-order valence-electron chi connectivity index (χ0n) is 12.1. The van der Waals surface area contributed by atoms with Gasteiger partial charge in [0.2, 0.25) is 0 Å². The van der Waals surface area contributed by atoms with Gasteiger partial charge in [-0.2, -0.15) is 0 Å². The van der Waals surface area contributed by atoms with Gasteiger partial charge in [-0.1, -0.05) is 26.0 Å². The second kappa shape index (κ2) is 7.79. The van der Waals surface area contributed by atoms with Crippen molar-refractivity contribution in [1.82, 2.24) is 5.32 Å². The molecule has 0 spiro atoms. The number of methoxy groups -OCH3 is 1. The van der Waals surface area contributed by atoms with Crippen molar-refractivity contribution < 1.29 is 14.3 Å². The molecule has 4 heteroatoms. The summed E-state index contributed by atoms with van der Waals surface area (Å²) in [5.74, 6) is 0.578. The Labute approximate surface area is 115 Å². The molecule has 0 saturated carbocycles. The molecule has 1 atom stereocenters. The van der Waals surface area contributed by atoms with Crippen molar-refractivity contribution in [3.05, 3.63) is 29.8 Å². The van der Waals surface area contributed by atoms with Crippen molar-refractivity contribution >= 4 is 5.97 Å². The number of ether oxygens (including phenoxy) is 2. The maximum absolute atomic E-state index is 11.6. The topological polar surface area (TPSA) is 47.6 Å². The fraction of sp³-hybridized carbons (Fsp3) is 0.533. The lowest BCUT2D eigenvalue weighted by atomic mass is 10.2. The Morgan fingerprint density at radius 3 is 2.68 bits per heavy atom. The van der Waals surface area contributed by atoms with Crippen molar-refractivity contribution in [2.45, 2.75) is 39.3 Å². The standard InChI is InChI=1S/C15H23NO3/c1-11(2)16-14(15(17)18-4)8-9-19-13-7-5-6-12(3)10-13/h5-7,10-11,14,16H,8-9H2,1-4H3. The van der Waals surface area contributed by atoms with E-state index in [9.17, 15) is 4.79 Å². The van der Waals surface area contributed by atoms with Crippen LogP contribution in [-0.2, 0) is 9.53 Å². The summed E-state index contributed by atoms with van der Waals surface area (Å²) in [6.45, 7) is 6.49. The summed E-state index contributed by atoms with van der Waals surface area (Å²) in [5.41, 5.74) is 1.15. The van der Waals surface area contributed by atoms with Crippen molar-refractivity contribution in [3.63, 3.8) is 0 Å². The Balaban J connectivity index is 2.45. The molecule has 4 nitrogen and oxygen atoms in total. The first-order chi connectivity index (χ1) is 9.02. The van der Waals surface area contributed by atoms with Crippen LogP contribution in [-0.4, -0.2) is 31.8 Å². The van der Waals surface area contributed by atoms with Gasteiger partial charge in [0.15, 0.2) is 0 Å². The molecule has 1 N–H and O–H groups in total. The van der Waals surface area contributed by atoms with Crippen molar-refractivity contribution in [2.24, 2.45) is 0 Å². The lowest BCUT2D eigenvalue weighted by Gasteiger charge is -2.19. The maximum Gasteiger partial charge on any atom is 0.322 e. The fourth-order valence-electron chi connectivity index (χ4n) is 1.81. The number of rotatable bonds is 7. The normalized spacial score (nSPS) is 12.3. The van der Waals surface area contributed by atoms with Crippen LogP contribution in [0.25, 0.3) is 0 Å². The number of carbonyl (C=O) groups excluding carboxylic acids is 1. The Morgan fingerprint density at radius 1 is 1.37 bits per heavy atom. The number of aryl methyl sites for hydroxylation is 1. The molecule has 0 aliphatic heterocycles. The Hall–Kier alpha value is -1.55. The third kappa shape index (κ3) is 5.75. The summed E-state index contributed by atoms with van der Waals surface area (Å²) in [6.07, 6.45) is 0.582. The largest absolute Gasteiger partial charge is 0.494 e. The van der Waals surface area contributed by atoms with Gasteiger partial charge in [0.05, 0.1) is 13.7 Å². The van der Waals surface area contributed by atoms with Crippen LogP contribution in [0, 0.1) is 6.92 Å². The summed E-state index contributed by atoms with van der Waals surface area (Å²) < 4.78 is 10.4. The number of hydrogen-bond acceptors (Lipinski definition) is 4. The van der Waals surface area contributed by atoms with Gasteiger partial charge in [-0.15, -0.1) is 0 Å². The van der Waals surface area contributed by atoms with E-state index in [1.165, 1.54) is 7.11 Å². The van der Waals surface area contributed by atoms with Crippen molar-refractivity contribution in [3.8, 4) is 5.75 Å². The lowest BCUT2D eigenvalue weighted by Crippen LogP contribution is -2.42. The third-order valence-corrected chi connectivity index (χ3v) is 2.69. The van der Waals surface area contributed by atoms with Gasteiger partial charge in [-0.05, 0) is 24.6 Å². The van der Waals surface area contributed by atoms with E-state index in [0.29, 0.717) is 13.0 Å². The highest BCUT2D eigenvalue weighted by molar-refractivity contribution is 5.75. The van der Waals surface area contributed by atoms with E-state index >= 15 is 0 Å². The minimum Gasteiger partial charge on any atom is -0.494 e. The molecule has 0 aromatic heterocycles. The van der Waals surface area contributed by atoms with Crippen LogP contribution in [0.5, 0.6) is 5.75 Å². The van der Waals surface area contributed by atoms with Crippen LogP contribution in [0.2, 0.25) is 0 Å². The highest BCUT2D eigenvalue weighted by atomic mass is 16.5. The van der Waals surface area contributed by atoms with Crippen LogP contribution in [0.4, 0.5) is 0 Å². The van der Waals surface area contributed by atoms with E-state index in [2.05, 4.69) is 5.32 Å². The second-order valence-electron chi connectivity index (χ2n) is 4.85. The average Bonchev–Trinajstić information content (AvgIpc) is 2.36. The van der Waals surface area contributed by atoms with Crippen LogP contribution < -0.4 is 10.1 Å². The monoisotopic (exact) mass is 265 g/mol. The van der Waals surface area contributed by atoms with Gasteiger partial charge in [-0.25, -0.2) is 0 Å². The number of esters is 1. The first kappa shape index (κ1) is 15.5. The zero-order valence-corrected chi connectivity index (χ0v) is 12.1. The molecule has 1 aromatic rings.